The first-order valence-corrected chi connectivity index (χ1v) is 6.86. The summed E-state index contributed by atoms with van der Waals surface area (Å²) in [6, 6.07) is 13.6. The number of hydrogen-bond donors (Lipinski definition) is 1. The molecule has 0 saturated carbocycles. The number of halogens is 1. The van der Waals surface area contributed by atoms with E-state index in [-0.39, 0.29) is 22.7 Å². The summed E-state index contributed by atoms with van der Waals surface area (Å²) in [5, 5.41) is 9.56. The number of esters is 1. The summed E-state index contributed by atoms with van der Waals surface area (Å²) < 4.78 is 5.12. The van der Waals surface area contributed by atoms with Crippen LogP contribution in [-0.4, -0.2) is 17.0 Å². The number of rotatable bonds is 4. The van der Waals surface area contributed by atoms with Gasteiger partial charge in [-0.15, -0.1) is 0 Å². The lowest BCUT2D eigenvalue weighted by Crippen LogP contribution is -2.04. The molecule has 0 saturated heterocycles. The van der Waals surface area contributed by atoms with E-state index in [1.807, 2.05) is 6.07 Å². The number of carbonyl (C=O) groups excluding carboxylic acids is 1. The van der Waals surface area contributed by atoms with Crippen molar-refractivity contribution in [1.82, 2.24) is 0 Å². The predicted molar refractivity (Wildman–Crippen MR) is 75.7 cm³/mol. The number of hydrogen-bond acceptors (Lipinski definition) is 4. The maximum atomic E-state index is 11.7. The van der Waals surface area contributed by atoms with Gasteiger partial charge < -0.3 is 9.84 Å². The minimum atomic E-state index is -0.363. The summed E-state index contributed by atoms with van der Waals surface area (Å²) >= 11 is 7.11. The fourth-order valence-electron chi connectivity index (χ4n) is 1.39. The third-order valence-corrected chi connectivity index (χ3v) is 3.47. The molecular formula is C14H11ClO3S. The summed E-state index contributed by atoms with van der Waals surface area (Å²) in [5.41, 5.74) is 0.520. The van der Waals surface area contributed by atoms with E-state index in [1.165, 1.54) is 17.8 Å². The lowest BCUT2D eigenvalue weighted by atomic mass is 10.2. The molecule has 0 aliphatic carbocycles. The van der Waals surface area contributed by atoms with Gasteiger partial charge in [0, 0.05) is 4.90 Å². The highest BCUT2D eigenvalue weighted by Crippen LogP contribution is 2.28. The Balaban J connectivity index is 1.87. The quantitative estimate of drug-likeness (QED) is 0.527. The van der Waals surface area contributed by atoms with E-state index in [0.717, 1.165) is 4.90 Å². The molecule has 1 N–H and O–H groups in total. The van der Waals surface area contributed by atoms with Crippen LogP contribution in [0, 0.1) is 0 Å². The maximum absolute atomic E-state index is 11.7. The summed E-state index contributed by atoms with van der Waals surface area (Å²) in [5.74, 6) is -0.139. The molecule has 0 heterocycles. The van der Waals surface area contributed by atoms with E-state index in [2.05, 4.69) is 0 Å². The third-order valence-electron chi connectivity index (χ3n) is 2.34. The smallest absolute Gasteiger partial charge is 0.338 e. The van der Waals surface area contributed by atoms with Gasteiger partial charge in [0.1, 0.15) is 11.7 Å². The van der Waals surface area contributed by atoms with Crippen molar-refractivity contribution in [1.29, 1.82) is 0 Å². The molecule has 0 atom stereocenters. The number of phenols is 1. The Bertz CT molecular complexity index is 572. The van der Waals surface area contributed by atoms with Crippen LogP contribution >= 0.6 is 23.4 Å². The molecule has 2 rings (SSSR count). The van der Waals surface area contributed by atoms with E-state index in [1.54, 1.807) is 36.4 Å². The van der Waals surface area contributed by atoms with Crippen molar-refractivity contribution >= 4 is 29.3 Å². The summed E-state index contributed by atoms with van der Waals surface area (Å²) in [6.45, 7) is 0. The Kier molecular flexibility index (Phi) is 4.71. The van der Waals surface area contributed by atoms with Crippen molar-refractivity contribution in [2.24, 2.45) is 0 Å². The Morgan fingerprint density at radius 3 is 2.63 bits per heavy atom. The Morgan fingerprint density at radius 1 is 1.21 bits per heavy atom. The van der Waals surface area contributed by atoms with Gasteiger partial charge in [-0.25, -0.2) is 4.79 Å². The molecule has 0 amide bonds. The summed E-state index contributed by atoms with van der Waals surface area (Å²) in [7, 11) is 0. The van der Waals surface area contributed by atoms with Crippen LogP contribution in [0.2, 0.25) is 5.02 Å². The van der Waals surface area contributed by atoms with Gasteiger partial charge in [0.2, 0.25) is 0 Å². The molecule has 0 aliphatic heterocycles. The van der Waals surface area contributed by atoms with Crippen LogP contribution in [0.3, 0.4) is 0 Å². The lowest BCUT2D eigenvalue weighted by Gasteiger charge is -2.05. The number of carbonyl (C=O) groups is 1. The number of phenolic OH excluding ortho intramolecular Hbond substituents is 1. The second-order valence-corrected chi connectivity index (χ2v) is 5.08. The van der Waals surface area contributed by atoms with Crippen molar-refractivity contribution in [2.45, 2.75) is 4.90 Å². The van der Waals surface area contributed by atoms with Crippen LogP contribution in [0.1, 0.15) is 10.4 Å². The van der Waals surface area contributed by atoms with E-state index < -0.39 is 0 Å². The zero-order chi connectivity index (χ0) is 13.7. The fourth-order valence-corrected chi connectivity index (χ4v) is 2.30. The first kappa shape index (κ1) is 13.8. The van der Waals surface area contributed by atoms with E-state index in [0.29, 0.717) is 5.56 Å². The average molecular weight is 295 g/mol. The van der Waals surface area contributed by atoms with Gasteiger partial charge >= 0.3 is 5.97 Å². The summed E-state index contributed by atoms with van der Waals surface area (Å²) in [4.78, 5) is 12.5. The number of ether oxygens (including phenoxy) is 1. The topological polar surface area (TPSA) is 46.5 Å². The first-order chi connectivity index (χ1) is 9.16. The van der Waals surface area contributed by atoms with Gasteiger partial charge in [-0.2, -0.15) is 0 Å². The summed E-state index contributed by atoms with van der Waals surface area (Å²) in [6.07, 6.45) is 0. The van der Waals surface area contributed by atoms with Crippen LogP contribution in [0.4, 0.5) is 0 Å². The van der Waals surface area contributed by atoms with Gasteiger partial charge in [-0.3, -0.25) is 0 Å². The molecule has 2 aromatic carbocycles. The SMILES string of the molecule is O=C(OCSc1ccc(O)c(Cl)c1)c1ccccc1. The highest BCUT2D eigenvalue weighted by molar-refractivity contribution is 7.99. The largest absolute Gasteiger partial charge is 0.506 e. The molecule has 0 aliphatic rings. The van der Waals surface area contributed by atoms with E-state index in [4.69, 9.17) is 16.3 Å². The normalized spacial score (nSPS) is 10.2. The molecule has 0 aromatic heterocycles. The molecule has 98 valence electrons. The minimum Gasteiger partial charge on any atom is -0.506 e. The van der Waals surface area contributed by atoms with Crippen LogP contribution in [0.15, 0.2) is 53.4 Å². The van der Waals surface area contributed by atoms with Gasteiger partial charge in [0.05, 0.1) is 10.6 Å². The first-order valence-electron chi connectivity index (χ1n) is 5.50. The monoisotopic (exact) mass is 294 g/mol. The zero-order valence-electron chi connectivity index (χ0n) is 9.88. The fraction of sp³-hybridized carbons (Fsp3) is 0.0714. The standard InChI is InChI=1S/C14H11ClO3S/c15-12-8-11(6-7-13(12)16)19-9-18-14(17)10-4-2-1-3-5-10/h1-8,16H,9H2. The van der Waals surface area contributed by atoms with E-state index >= 15 is 0 Å². The van der Waals surface area contributed by atoms with Crippen molar-refractivity contribution in [3.05, 3.63) is 59.1 Å². The second-order valence-electron chi connectivity index (χ2n) is 3.67. The van der Waals surface area contributed by atoms with E-state index in [9.17, 15) is 9.90 Å². The molecule has 0 unspecified atom stereocenters. The van der Waals surface area contributed by atoms with Crippen molar-refractivity contribution in [2.75, 3.05) is 5.94 Å². The van der Waals surface area contributed by atoms with Gasteiger partial charge in [-0.05, 0) is 30.3 Å². The molecule has 0 bridgehead atoms. The average Bonchev–Trinajstić information content (AvgIpc) is 2.43. The van der Waals surface area contributed by atoms with Gasteiger partial charge in [0.15, 0.2) is 0 Å². The molecule has 0 radical (unpaired) electrons. The Labute approximate surface area is 120 Å². The Hall–Kier alpha value is -1.65. The minimum absolute atomic E-state index is 0.0345. The molecule has 0 fully saturated rings. The van der Waals surface area contributed by atoms with Crippen molar-refractivity contribution in [3.63, 3.8) is 0 Å². The molecule has 19 heavy (non-hydrogen) atoms. The van der Waals surface area contributed by atoms with Crippen LogP contribution in [0.25, 0.3) is 0 Å². The molecule has 3 nitrogen and oxygen atoms in total. The van der Waals surface area contributed by atoms with Crippen molar-refractivity contribution < 1.29 is 14.6 Å². The van der Waals surface area contributed by atoms with Crippen LogP contribution in [0.5, 0.6) is 5.75 Å². The van der Waals surface area contributed by atoms with Gasteiger partial charge in [0.25, 0.3) is 0 Å². The second kappa shape index (κ2) is 6.50. The van der Waals surface area contributed by atoms with Gasteiger partial charge in [-0.1, -0.05) is 41.6 Å². The highest BCUT2D eigenvalue weighted by Gasteiger charge is 2.06. The van der Waals surface area contributed by atoms with Crippen LogP contribution < -0.4 is 0 Å². The molecule has 2 aromatic rings. The van der Waals surface area contributed by atoms with Crippen molar-refractivity contribution in [3.8, 4) is 5.75 Å². The maximum Gasteiger partial charge on any atom is 0.338 e. The Morgan fingerprint density at radius 2 is 1.95 bits per heavy atom. The van der Waals surface area contributed by atoms with Crippen LogP contribution in [-0.2, 0) is 4.74 Å². The molecule has 0 spiro atoms. The highest BCUT2D eigenvalue weighted by atomic mass is 35.5. The number of thioether (sulfide) groups is 1. The number of aromatic hydroxyl groups is 1. The molecular weight excluding hydrogens is 284 g/mol. The zero-order valence-corrected chi connectivity index (χ0v) is 11.4. The predicted octanol–water partition coefficient (Wildman–Crippen LogP) is 3.95. The molecule has 5 heteroatoms. The lowest BCUT2D eigenvalue weighted by molar-refractivity contribution is 0.0579. The third kappa shape index (κ3) is 3.91. The number of benzene rings is 2.